The molecule has 1 saturated heterocycles. The van der Waals surface area contributed by atoms with Crippen LogP contribution < -0.4 is 9.46 Å². The lowest BCUT2D eigenvalue weighted by molar-refractivity contribution is 0.0638. The number of nitrogens with zero attached hydrogens (tertiary/aromatic N) is 2. The Balaban J connectivity index is 1.59. The minimum Gasteiger partial charge on any atom is -0.497 e. The van der Waals surface area contributed by atoms with Gasteiger partial charge in [0.25, 0.3) is 5.91 Å². The van der Waals surface area contributed by atoms with Crippen molar-refractivity contribution in [3.05, 3.63) is 58.6 Å². The molecule has 1 aliphatic heterocycles. The van der Waals surface area contributed by atoms with E-state index in [9.17, 15) is 13.2 Å². The lowest BCUT2D eigenvalue weighted by Crippen LogP contribution is -2.49. The number of carbonyl (C=O) groups excluding carboxylic acids is 1. The molecule has 1 aliphatic rings. The third kappa shape index (κ3) is 6.22. The van der Waals surface area contributed by atoms with Gasteiger partial charge in [0.2, 0.25) is 10.0 Å². The summed E-state index contributed by atoms with van der Waals surface area (Å²) in [5.41, 5.74) is 1.45. The van der Waals surface area contributed by atoms with Gasteiger partial charge in [0.15, 0.2) is 0 Å². The predicted molar refractivity (Wildman–Crippen MR) is 126 cm³/mol. The van der Waals surface area contributed by atoms with Gasteiger partial charge in [-0.3, -0.25) is 9.69 Å². The van der Waals surface area contributed by atoms with Crippen molar-refractivity contribution >= 4 is 27.5 Å². The van der Waals surface area contributed by atoms with Crippen LogP contribution in [0.4, 0.5) is 0 Å². The van der Waals surface area contributed by atoms with Crippen LogP contribution in [0.1, 0.15) is 29.8 Å². The molecule has 0 unspecified atom stereocenters. The van der Waals surface area contributed by atoms with Crippen LogP contribution in [0.5, 0.6) is 5.75 Å². The quantitative estimate of drug-likeness (QED) is 0.629. The summed E-state index contributed by atoms with van der Waals surface area (Å²) in [7, 11) is -2.05. The molecular formula is C23H30ClN3O4S. The van der Waals surface area contributed by atoms with Crippen molar-refractivity contribution in [3.63, 3.8) is 0 Å². The van der Waals surface area contributed by atoms with E-state index in [1.165, 1.54) is 23.8 Å². The number of carbonyl (C=O) groups is 1. The molecular weight excluding hydrogens is 450 g/mol. The zero-order valence-corrected chi connectivity index (χ0v) is 20.2. The summed E-state index contributed by atoms with van der Waals surface area (Å²) in [4.78, 5) is 17.2. The number of benzene rings is 2. The molecule has 1 fully saturated rings. The maximum Gasteiger partial charge on any atom is 0.255 e. The smallest absolute Gasteiger partial charge is 0.255 e. The van der Waals surface area contributed by atoms with E-state index >= 15 is 0 Å². The van der Waals surface area contributed by atoms with E-state index in [2.05, 4.69) is 21.8 Å². The van der Waals surface area contributed by atoms with Gasteiger partial charge in [-0.2, -0.15) is 0 Å². The fourth-order valence-electron chi connectivity index (χ4n) is 3.64. The summed E-state index contributed by atoms with van der Waals surface area (Å²) in [6.07, 6.45) is 0.923. The van der Waals surface area contributed by atoms with Gasteiger partial charge in [-0.1, -0.05) is 23.7 Å². The minimum absolute atomic E-state index is 0.0390. The topological polar surface area (TPSA) is 79.0 Å². The second-order valence-corrected chi connectivity index (χ2v) is 10.3. The molecule has 174 valence electrons. The van der Waals surface area contributed by atoms with E-state index in [0.717, 1.165) is 31.8 Å². The first-order chi connectivity index (χ1) is 15.2. The predicted octanol–water partition coefficient (Wildman–Crippen LogP) is 3.04. The molecule has 2 aromatic carbocycles. The van der Waals surface area contributed by atoms with Gasteiger partial charge in [-0.15, -0.1) is 0 Å². The van der Waals surface area contributed by atoms with Crippen LogP contribution in [-0.4, -0.2) is 70.0 Å². The second-order valence-electron chi connectivity index (χ2n) is 8.15. The van der Waals surface area contributed by atoms with E-state index < -0.39 is 10.0 Å². The van der Waals surface area contributed by atoms with E-state index in [1.54, 1.807) is 25.9 Å². The number of halogens is 1. The number of sulfonamides is 1. The highest BCUT2D eigenvalue weighted by Gasteiger charge is 2.25. The lowest BCUT2D eigenvalue weighted by Gasteiger charge is -2.35. The third-order valence-electron chi connectivity index (χ3n) is 5.40. The molecule has 1 heterocycles. The van der Waals surface area contributed by atoms with E-state index in [4.69, 9.17) is 16.3 Å². The number of ether oxygens (including phenoxy) is 1. The Morgan fingerprint density at radius 1 is 1.09 bits per heavy atom. The number of rotatable bonds is 8. The maximum absolute atomic E-state index is 13.1. The number of hydrogen-bond acceptors (Lipinski definition) is 5. The molecule has 2 aromatic rings. The van der Waals surface area contributed by atoms with E-state index in [0.29, 0.717) is 13.1 Å². The highest BCUT2D eigenvalue weighted by molar-refractivity contribution is 7.89. The molecule has 0 aliphatic carbocycles. The summed E-state index contributed by atoms with van der Waals surface area (Å²) in [6.45, 7) is 7.04. The van der Waals surface area contributed by atoms with Gasteiger partial charge >= 0.3 is 0 Å². The van der Waals surface area contributed by atoms with Gasteiger partial charge < -0.3 is 9.64 Å². The van der Waals surface area contributed by atoms with Gasteiger partial charge in [0.1, 0.15) is 5.75 Å². The molecule has 32 heavy (non-hydrogen) atoms. The number of piperazine rings is 1. The second kappa shape index (κ2) is 10.7. The minimum atomic E-state index is -3.71. The van der Waals surface area contributed by atoms with Crippen LogP contribution >= 0.6 is 11.6 Å². The third-order valence-corrected chi connectivity index (χ3v) is 7.39. The molecule has 7 nitrogen and oxygen atoms in total. The molecule has 0 spiro atoms. The number of amides is 1. The highest BCUT2D eigenvalue weighted by atomic mass is 35.5. The Hall–Kier alpha value is -2.13. The number of methoxy groups -OCH3 is 1. The fourth-order valence-corrected chi connectivity index (χ4v) is 5.11. The molecule has 0 atom stereocenters. The SMILES string of the molecule is COc1ccc(CCN2CCN(C(=O)c3cc(S(=O)(=O)NC(C)C)ccc3Cl)CC2)cc1. The van der Waals surface area contributed by atoms with Crippen LogP contribution in [0.25, 0.3) is 0 Å². The van der Waals surface area contributed by atoms with Crippen molar-refractivity contribution in [1.29, 1.82) is 0 Å². The molecule has 1 N–H and O–H groups in total. The first kappa shape index (κ1) is 24.5. The van der Waals surface area contributed by atoms with Crippen LogP contribution in [0.15, 0.2) is 47.4 Å². The van der Waals surface area contributed by atoms with Crippen molar-refractivity contribution in [2.45, 2.75) is 31.2 Å². The highest BCUT2D eigenvalue weighted by Crippen LogP contribution is 2.23. The van der Waals surface area contributed by atoms with Crippen molar-refractivity contribution in [2.75, 3.05) is 39.8 Å². The van der Waals surface area contributed by atoms with Crippen molar-refractivity contribution in [1.82, 2.24) is 14.5 Å². The van der Waals surface area contributed by atoms with Gasteiger partial charge in [0, 0.05) is 38.8 Å². The van der Waals surface area contributed by atoms with Gasteiger partial charge in [-0.05, 0) is 56.2 Å². The molecule has 0 aromatic heterocycles. The normalized spacial score (nSPS) is 15.2. The molecule has 9 heteroatoms. The van der Waals surface area contributed by atoms with Crippen LogP contribution in [0.2, 0.25) is 5.02 Å². The maximum atomic E-state index is 13.1. The van der Waals surface area contributed by atoms with Crippen LogP contribution in [0.3, 0.4) is 0 Å². The first-order valence-electron chi connectivity index (χ1n) is 10.7. The van der Waals surface area contributed by atoms with E-state index in [-0.39, 0.29) is 27.4 Å². The summed E-state index contributed by atoms with van der Waals surface area (Å²) in [5, 5.41) is 0.250. The average molecular weight is 480 g/mol. The van der Waals surface area contributed by atoms with E-state index in [1.807, 2.05) is 12.1 Å². The van der Waals surface area contributed by atoms with Crippen molar-refractivity contribution < 1.29 is 17.9 Å². The standard InChI is InChI=1S/C23H30ClN3O4S/c1-17(2)25-32(29,30)20-8-9-22(24)21(16-20)23(28)27-14-12-26(13-15-27)11-10-18-4-6-19(31-3)7-5-18/h4-9,16-17,25H,10-15H2,1-3H3. The Labute approximate surface area is 195 Å². The lowest BCUT2D eigenvalue weighted by atomic mass is 10.1. The fraction of sp³-hybridized carbons (Fsp3) is 0.435. The Kier molecular flexibility index (Phi) is 8.16. The zero-order chi connectivity index (χ0) is 23.3. The molecule has 0 bridgehead atoms. The Morgan fingerprint density at radius 2 is 1.75 bits per heavy atom. The summed E-state index contributed by atoms with van der Waals surface area (Å²) in [5.74, 6) is 0.600. The van der Waals surface area contributed by atoms with Crippen molar-refractivity contribution in [2.24, 2.45) is 0 Å². The summed E-state index contributed by atoms with van der Waals surface area (Å²) >= 11 is 6.25. The number of nitrogens with one attached hydrogen (secondary N) is 1. The monoisotopic (exact) mass is 479 g/mol. The molecule has 0 saturated carbocycles. The van der Waals surface area contributed by atoms with Gasteiger partial charge in [-0.25, -0.2) is 13.1 Å². The van der Waals surface area contributed by atoms with Crippen LogP contribution in [0, 0.1) is 0 Å². The van der Waals surface area contributed by atoms with Crippen molar-refractivity contribution in [3.8, 4) is 5.75 Å². The summed E-state index contributed by atoms with van der Waals surface area (Å²) < 4.78 is 32.7. The number of hydrogen-bond donors (Lipinski definition) is 1. The first-order valence-corrected chi connectivity index (χ1v) is 12.5. The largest absolute Gasteiger partial charge is 0.497 e. The Morgan fingerprint density at radius 3 is 2.34 bits per heavy atom. The Bertz CT molecular complexity index is 1030. The summed E-state index contributed by atoms with van der Waals surface area (Å²) in [6, 6.07) is 12.1. The van der Waals surface area contributed by atoms with Gasteiger partial charge in [0.05, 0.1) is 22.6 Å². The zero-order valence-electron chi connectivity index (χ0n) is 18.7. The molecule has 1 amide bonds. The molecule has 0 radical (unpaired) electrons. The van der Waals surface area contributed by atoms with Crippen LogP contribution in [-0.2, 0) is 16.4 Å². The molecule has 3 rings (SSSR count). The average Bonchev–Trinajstić information content (AvgIpc) is 2.77.